The number of esters is 1. The van der Waals surface area contributed by atoms with Crippen LogP contribution in [0, 0.1) is 0 Å². The molecule has 5 nitrogen and oxygen atoms in total. The summed E-state index contributed by atoms with van der Waals surface area (Å²) in [6.07, 6.45) is 1.06. The average Bonchev–Trinajstić information content (AvgIpc) is 2.15. The molecule has 0 saturated carbocycles. The lowest BCUT2D eigenvalue weighted by Gasteiger charge is -2.22. The zero-order chi connectivity index (χ0) is 10.3. The molecule has 6 heteroatoms. The average molecular weight is 206 g/mol. The standard InChI is InChI=1S/C7H14O5Si/c1-5-12-7(8)6-13(9-2,10-3)11-4/h5H,1,6H2,2-4H3. The van der Waals surface area contributed by atoms with Crippen LogP contribution in [0.25, 0.3) is 0 Å². The van der Waals surface area contributed by atoms with Crippen LogP contribution < -0.4 is 0 Å². The van der Waals surface area contributed by atoms with Crippen molar-refractivity contribution in [2.45, 2.75) is 6.04 Å². The Morgan fingerprint density at radius 1 is 1.31 bits per heavy atom. The topological polar surface area (TPSA) is 54.0 Å². The van der Waals surface area contributed by atoms with E-state index >= 15 is 0 Å². The van der Waals surface area contributed by atoms with Crippen LogP contribution in [0.15, 0.2) is 12.8 Å². The molecular formula is C7H14O5Si. The van der Waals surface area contributed by atoms with E-state index in [2.05, 4.69) is 11.3 Å². The maximum absolute atomic E-state index is 11.0. The summed E-state index contributed by atoms with van der Waals surface area (Å²) >= 11 is 0. The van der Waals surface area contributed by atoms with Crippen molar-refractivity contribution in [3.8, 4) is 0 Å². The van der Waals surface area contributed by atoms with Crippen LogP contribution in [0.3, 0.4) is 0 Å². The number of carbonyl (C=O) groups excluding carboxylic acids is 1. The molecule has 0 rings (SSSR count). The van der Waals surface area contributed by atoms with Gasteiger partial charge in [-0.1, -0.05) is 6.58 Å². The first kappa shape index (κ1) is 12.3. The molecule has 0 unspecified atom stereocenters. The summed E-state index contributed by atoms with van der Waals surface area (Å²) in [6, 6.07) is -0.0253. The summed E-state index contributed by atoms with van der Waals surface area (Å²) in [5, 5.41) is 0. The normalized spacial score (nSPS) is 11.0. The predicted octanol–water partition coefficient (Wildman–Crippen LogP) is 0.551. The van der Waals surface area contributed by atoms with Gasteiger partial charge in [0.1, 0.15) is 6.04 Å². The fourth-order valence-electron chi connectivity index (χ4n) is 0.778. The van der Waals surface area contributed by atoms with Crippen molar-refractivity contribution in [2.24, 2.45) is 0 Å². The lowest BCUT2D eigenvalue weighted by atomic mass is 10.8. The summed E-state index contributed by atoms with van der Waals surface area (Å²) in [6.45, 7) is 3.26. The molecule has 0 bridgehead atoms. The molecule has 0 aromatic heterocycles. The highest BCUT2D eigenvalue weighted by molar-refractivity contribution is 6.63. The molecule has 0 aliphatic heterocycles. The lowest BCUT2D eigenvalue weighted by Crippen LogP contribution is -2.44. The zero-order valence-corrected chi connectivity index (χ0v) is 9.03. The summed E-state index contributed by atoms with van der Waals surface area (Å²) in [5.41, 5.74) is 0. The smallest absolute Gasteiger partial charge is 0.435 e. The van der Waals surface area contributed by atoms with E-state index in [4.69, 9.17) is 13.3 Å². The van der Waals surface area contributed by atoms with E-state index in [9.17, 15) is 4.79 Å². The van der Waals surface area contributed by atoms with Crippen LogP contribution in [-0.4, -0.2) is 36.1 Å². The minimum Gasteiger partial charge on any atom is -0.435 e. The van der Waals surface area contributed by atoms with Crippen molar-refractivity contribution < 1.29 is 22.8 Å². The molecule has 0 aromatic rings. The Balaban J connectivity index is 4.23. The van der Waals surface area contributed by atoms with Gasteiger partial charge >= 0.3 is 14.8 Å². The van der Waals surface area contributed by atoms with E-state index in [0.717, 1.165) is 6.26 Å². The van der Waals surface area contributed by atoms with Crippen molar-refractivity contribution in [2.75, 3.05) is 21.3 Å². The number of ether oxygens (including phenoxy) is 1. The molecule has 0 radical (unpaired) electrons. The van der Waals surface area contributed by atoms with Crippen molar-refractivity contribution in [3.63, 3.8) is 0 Å². The molecule has 0 aliphatic carbocycles. The summed E-state index contributed by atoms with van der Waals surface area (Å²) in [4.78, 5) is 11.0. The molecular weight excluding hydrogens is 192 g/mol. The first-order valence-corrected chi connectivity index (χ1v) is 5.53. The van der Waals surface area contributed by atoms with E-state index in [1.165, 1.54) is 21.3 Å². The fraction of sp³-hybridized carbons (Fsp3) is 0.571. The second-order valence-electron chi connectivity index (χ2n) is 2.13. The second kappa shape index (κ2) is 5.87. The van der Waals surface area contributed by atoms with Gasteiger partial charge in [0.25, 0.3) is 0 Å². The molecule has 0 aliphatic rings. The fourth-order valence-corrected chi connectivity index (χ4v) is 2.15. The molecule has 0 aromatic carbocycles. The van der Waals surface area contributed by atoms with Gasteiger partial charge in [-0.2, -0.15) is 0 Å². The van der Waals surface area contributed by atoms with E-state index in [0.29, 0.717) is 0 Å². The number of rotatable bonds is 6. The van der Waals surface area contributed by atoms with Gasteiger partial charge in [0.05, 0.1) is 6.26 Å². The Kier molecular flexibility index (Phi) is 5.56. The highest BCUT2D eigenvalue weighted by Crippen LogP contribution is 2.13. The maximum atomic E-state index is 11.0. The zero-order valence-electron chi connectivity index (χ0n) is 8.03. The molecule has 76 valence electrons. The van der Waals surface area contributed by atoms with Gasteiger partial charge < -0.3 is 18.0 Å². The lowest BCUT2D eigenvalue weighted by molar-refractivity contribution is -0.136. The van der Waals surface area contributed by atoms with Crippen molar-refractivity contribution >= 4 is 14.8 Å². The molecule has 0 fully saturated rings. The summed E-state index contributed by atoms with van der Waals surface area (Å²) < 4.78 is 19.6. The number of hydrogen-bond acceptors (Lipinski definition) is 5. The molecule has 13 heavy (non-hydrogen) atoms. The van der Waals surface area contributed by atoms with Crippen molar-refractivity contribution in [3.05, 3.63) is 12.8 Å². The monoisotopic (exact) mass is 206 g/mol. The van der Waals surface area contributed by atoms with Gasteiger partial charge in [0.2, 0.25) is 0 Å². The predicted molar refractivity (Wildman–Crippen MR) is 47.9 cm³/mol. The Hall–Kier alpha value is -0.693. The highest BCUT2D eigenvalue weighted by atomic mass is 28.4. The Morgan fingerprint density at radius 2 is 1.77 bits per heavy atom. The van der Waals surface area contributed by atoms with Crippen LogP contribution in [0.2, 0.25) is 6.04 Å². The molecule has 0 atom stereocenters. The van der Waals surface area contributed by atoms with Gasteiger partial charge in [-0.3, -0.25) is 4.79 Å². The largest absolute Gasteiger partial charge is 0.511 e. The minimum absolute atomic E-state index is 0.0253. The van der Waals surface area contributed by atoms with E-state index < -0.39 is 14.8 Å². The van der Waals surface area contributed by atoms with Gasteiger partial charge in [-0.05, 0) is 0 Å². The Labute approximate surface area is 78.6 Å². The van der Waals surface area contributed by atoms with Crippen LogP contribution in [0.5, 0.6) is 0 Å². The van der Waals surface area contributed by atoms with Gasteiger partial charge in [0.15, 0.2) is 0 Å². The van der Waals surface area contributed by atoms with E-state index in [-0.39, 0.29) is 6.04 Å². The SMILES string of the molecule is C=COC(=O)C[Si](OC)(OC)OC. The maximum Gasteiger partial charge on any atom is 0.511 e. The molecule has 0 heterocycles. The first-order valence-electron chi connectivity index (χ1n) is 3.60. The third kappa shape index (κ3) is 3.68. The third-order valence-corrected chi connectivity index (χ3v) is 4.10. The van der Waals surface area contributed by atoms with Crippen LogP contribution in [0.1, 0.15) is 0 Å². The molecule has 0 saturated heterocycles. The van der Waals surface area contributed by atoms with Gasteiger partial charge in [-0.25, -0.2) is 0 Å². The first-order chi connectivity index (χ1) is 6.14. The van der Waals surface area contributed by atoms with Crippen molar-refractivity contribution in [1.82, 2.24) is 0 Å². The summed E-state index contributed by atoms with van der Waals surface area (Å²) in [5.74, 6) is -0.479. The van der Waals surface area contributed by atoms with Gasteiger partial charge in [0, 0.05) is 21.3 Å². The summed E-state index contributed by atoms with van der Waals surface area (Å²) in [7, 11) is 1.45. The minimum atomic E-state index is -2.84. The Bertz CT molecular complexity index is 169. The molecule has 0 N–H and O–H groups in total. The number of hydrogen-bond donors (Lipinski definition) is 0. The highest BCUT2D eigenvalue weighted by Gasteiger charge is 2.41. The third-order valence-electron chi connectivity index (χ3n) is 1.51. The molecule has 0 spiro atoms. The van der Waals surface area contributed by atoms with Gasteiger partial charge in [-0.15, -0.1) is 0 Å². The van der Waals surface area contributed by atoms with E-state index in [1.807, 2.05) is 0 Å². The number of carbonyl (C=O) groups is 1. The van der Waals surface area contributed by atoms with Crippen molar-refractivity contribution in [1.29, 1.82) is 0 Å². The Morgan fingerprint density at radius 3 is 2.08 bits per heavy atom. The quantitative estimate of drug-likeness (QED) is 0.361. The van der Waals surface area contributed by atoms with E-state index in [1.54, 1.807) is 0 Å². The van der Waals surface area contributed by atoms with Crippen LogP contribution >= 0.6 is 0 Å². The van der Waals surface area contributed by atoms with Crippen LogP contribution in [-0.2, 0) is 22.8 Å². The van der Waals surface area contributed by atoms with Crippen LogP contribution in [0.4, 0.5) is 0 Å². The molecule has 0 amide bonds. The second-order valence-corrected chi connectivity index (χ2v) is 5.07.